The van der Waals surface area contributed by atoms with Crippen LogP contribution in [0.2, 0.25) is 0 Å². The molecule has 1 saturated heterocycles. The molecule has 1 aromatic heterocycles. The molecule has 0 atom stereocenters. The normalized spacial score (nSPS) is 19.6. The number of hydrogen-bond acceptors (Lipinski definition) is 2. The molecule has 0 aromatic carbocycles. The van der Waals surface area contributed by atoms with E-state index in [1.165, 1.54) is 19.3 Å². The molecular formula is C15H21N3O. The SMILES string of the molecule is Cc1cc(C(=O)N2CCC(=C3CCC3)CC2)nn1C. The summed E-state index contributed by atoms with van der Waals surface area (Å²) in [5.74, 6) is 0.0846. The quantitative estimate of drug-likeness (QED) is 0.727. The van der Waals surface area contributed by atoms with Gasteiger partial charge in [0, 0.05) is 25.8 Å². The third-order valence-corrected chi connectivity index (χ3v) is 4.44. The van der Waals surface area contributed by atoms with Crippen LogP contribution in [0.1, 0.15) is 48.3 Å². The van der Waals surface area contributed by atoms with E-state index < -0.39 is 0 Å². The smallest absolute Gasteiger partial charge is 0.274 e. The minimum Gasteiger partial charge on any atom is -0.337 e. The maximum Gasteiger partial charge on any atom is 0.274 e. The Kier molecular flexibility index (Phi) is 3.17. The van der Waals surface area contributed by atoms with Crippen LogP contribution in [-0.2, 0) is 7.05 Å². The van der Waals surface area contributed by atoms with Gasteiger partial charge in [-0.05, 0) is 45.1 Å². The molecule has 1 aliphatic carbocycles. The van der Waals surface area contributed by atoms with Crippen molar-refractivity contribution in [3.05, 3.63) is 28.6 Å². The lowest BCUT2D eigenvalue weighted by Gasteiger charge is -2.31. The van der Waals surface area contributed by atoms with Crippen molar-refractivity contribution in [1.29, 1.82) is 0 Å². The van der Waals surface area contributed by atoms with E-state index in [0.29, 0.717) is 5.69 Å². The summed E-state index contributed by atoms with van der Waals surface area (Å²) in [4.78, 5) is 14.3. The van der Waals surface area contributed by atoms with Crippen LogP contribution in [0.5, 0.6) is 0 Å². The van der Waals surface area contributed by atoms with Gasteiger partial charge in [-0.1, -0.05) is 11.1 Å². The Morgan fingerprint density at radius 2 is 1.79 bits per heavy atom. The van der Waals surface area contributed by atoms with Crippen molar-refractivity contribution in [1.82, 2.24) is 14.7 Å². The fraction of sp³-hybridized carbons (Fsp3) is 0.600. The minimum absolute atomic E-state index is 0.0846. The van der Waals surface area contributed by atoms with Crippen molar-refractivity contribution in [2.24, 2.45) is 7.05 Å². The predicted molar refractivity (Wildman–Crippen MR) is 74.0 cm³/mol. The van der Waals surface area contributed by atoms with Crippen LogP contribution in [0.15, 0.2) is 17.2 Å². The second-order valence-corrected chi connectivity index (χ2v) is 5.65. The topological polar surface area (TPSA) is 38.1 Å². The Bertz CT molecular complexity index is 506. The van der Waals surface area contributed by atoms with Gasteiger partial charge in [0.25, 0.3) is 5.91 Å². The number of piperidine rings is 1. The highest BCUT2D eigenvalue weighted by molar-refractivity contribution is 5.92. The van der Waals surface area contributed by atoms with Crippen LogP contribution in [0.25, 0.3) is 0 Å². The third kappa shape index (κ3) is 2.31. The molecule has 19 heavy (non-hydrogen) atoms. The Morgan fingerprint density at radius 3 is 2.26 bits per heavy atom. The number of nitrogens with zero attached hydrogens (tertiary/aromatic N) is 3. The van der Waals surface area contributed by atoms with Crippen molar-refractivity contribution in [2.45, 2.75) is 39.0 Å². The molecule has 0 radical (unpaired) electrons. The Balaban J connectivity index is 1.66. The van der Waals surface area contributed by atoms with Crippen LogP contribution in [0.3, 0.4) is 0 Å². The van der Waals surface area contributed by atoms with Gasteiger partial charge in [-0.2, -0.15) is 5.10 Å². The third-order valence-electron chi connectivity index (χ3n) is 4.44. The van der Waals surface area contributed by atoms with Gasteiger partial charge in [-0.15, -0.1) is 0 Å². The molecule has 0 bridgehead atoms. The van der Waals surface area contributed by atoms with Crippen LogP contribution >= 0.6 is 0 Å². The average molecular weight is 259 g/mol. The molecule has 3 rings (SSSR count). The van der Waals surface area contributed by atoms with E-state index in [1.54, 1.807) is 15.8 Å². The highest BCUT2D eigenvalue weighted by Crippen LogP contribution is 2.33. The average Bonchev–Trinajstić information content (AvgIpc) is 2.68. The van der Waals surface area contributed by atoms with E-state index >= 15 is 0 Å². The molecule has 1 amide bonds. The van der Waals surface area contributed by atoms with Crippen LogP contribution in [-0.4, -0.2) is 33.7 Å². The molecule has 1 aromatic rings. The predicted octanol–water partition coefficient (Wildman–Crippen LogP) is 2.45. The maximum atomic E-state index is 12.4. The zero-order valence-corrected chi connectivity index (χ0v) is 11.8. The van der Waals surface area contributed by atoms with Crippen LogP contribution in [0, 0.1) is 6.92 Å². The van der Waals surface area contributed by atoms with E-state index in [2.05, 4.69) is 5.10 Å². The van der Waals surface area contributed by atoms with Gasteiger partial charge in [0.05, 0.1) is 0 Å². The van der Waals surface area contributed by atoms with Crippen LogP contribution in [0.4, 0.5) is 0 Å². The first-order chi connectivity index (χ1) is 9.15. The van der Waals surface area contributed by atoms with Crippen molar-refractivity contribution < 1.29 is 4.79 Å². The van der Waals surface area contributed by atoms with Crippen molar-refractivity contribution in [3.8, 4) is 0 Å². The first kappa shape index (κ1) is 12.5. The molecule has 2 heterocycles. The second-order valence-electron chi connectivity index (χ2n) is 5.65. The zero-order valence-electron chi connectivity index (χ0n) is 11.8. The fourth-order valence-electron chi connectivity index (χ4n) is 2.87. The van der Waals surface area contributed by atoms with Gasteiger partial charge >= 0.3 is 0 Å². The Labute approximate surface area is 114 Å². The Morgan fingerprint density at radius 1 is 1.16 bits per heavy atom. The maximum absolute atomic E-state index is 12.4. The molecule has 1 saturated carbocycles. The lowest BCUT2D eigenvalue weighted by atomic mass is 9.84. The molecular weight excluding hydrogens is 238 g/mol. The van der Waals surface area contributed by atoms with Gasteiger partial charge in [0.2, 0.25) is 0 Å². The number of rotatable bonds is 1. The fourth-order valence-corrected chi connectivity index (χ4v) is 2.87. The highest BCUT2D eigenvalue weighted by Gasteiger charge is 2.24. The van der Waals surface area contributed by atoms with Crippen LogP contribution < -0.4 is 0 Å². The molecule has 2 aliphatic rings. The largest absolute Gasteiger partial charge is 0.337 e. The van der Waals surface area contributed by atoms with E-state index in [4.69, 9.17) is 0 Å². The first-order valence-electron chi connectivity index (χ1n) is 7.15. The molecule has 0 N–H and O–H groups in total. The van der Waals surface area contributed by atoms with Gasteiger partial charge in [0.15, 0.2) is 5.69 Å². The minimum atomic E-state index is 0.0846. The standard InChI is InChI=1S/C15H21N3O/c1-11-10-14(16-17(11)2)15(19)18-8-6-13(7-9-18)12-4-3-5-12/h10H,3-9H2,1-2H3. The van der Waals surface area contributed by atoms with Gasteiger partial charge in [0.1, 0.15) is 0 Å². The molecule has 1 aliphatic heterocycles. The molecule has 102 valence electrons. The molecule has 4 nitrogen and oxygen atoms in total. The van der Waals surface area contributed by atoms with E-state index in [1.807, 2.05) is 24.9 Å². The summed E-state index contributed by atoms with van der Waals surface area (Å²) in [7, 11) is 1.88. The summed E-state index contributed by atoms with van der Waals surface area (Å²) >= 11 is 0. The van der Waals surface area contributed by atoms with Crippen molar-refractivity contribution in [3.63, 3.8) is 0 Å². The summed E-state index contributed by atoms with van der Waals surface area (Å²) in [6, 6.07) is 1.88. The second kappa shape index (κ2) is 4.83. The highest BCUT2D eigenvalue weighted by atomic mass is 16.2. The van der Waals surface area contributed by atoms with Crippen molar-refractivity contribution >= 4 is 5.91 Å². The summed E-state index contributed by atoms with van der Waals surface area (Å²) in [6.45, 7) is 3.68. The summed E-state index contributed by atoms with van der Waals surface area (Å²) < 4.78 is 1.76. The molecule has 0 spiro atoms. The van der Waals surface area contributed by atoms with E-state index in [0.717, 1.165) is 31.6 Å². The summed E-state index contributed by atoms with van der Waals surface area (Å²) in [6.07, 6.45) is 6.07. The Hall–Kier alpha value is -1.58. The summed E-state index contributed by atoms with van der Waals surface area (Å²) in [5, 5.41) is 4.28. The van der Waals surface area contributed by atoms with Gasteiger partial charge in [-0.3, -0.25) is 9.48 Å². The number of allylic oxidation sites excluding steroid dienone is 1. The number of amides is 1. The molecule has 4 heteroatoms. The van der Waals surface area contributed by atoms with Gasteiger partial charge in [-0.25, -0.2) is 0 Å². The number of carbonyl (C=O) groups excluding carboxylic acids is 1. The summed E-state index contributed by atoms with van der Waals surface area (Å²) in [5.41, 5.74) is 4.89. The lowest BCUT2D eigenvalue weighted by molar-refractivity contribution is 0.0736. The van der Waals surface area contributed by atoms with E-state index in [9.17, 15) is 4.79 Å². The number of hydrogen-bond donors (Lipinski definition) is 0. The molecule has 2 fully saturated rings. The zero-order chi connectivity index (χ0) is 13.4. The number of likely N-dealkylation sites (tertiary alicyclic amines) is 1. The number of aromatic nitrogens is 2. The number of carbonyl (C=O) groups is 1. The van der Waals surface area contributed by atoms with E-state index in [-0.39, 0.29) is 5.91 Å². The lowest BCUT2D eigenvalue weighted by Crippen LogP contribution is -2.37. The first-order valence-corrected chi connectivity index (χ1v) is 7.15. The molecule has 0 unspecified atom stereocenters. The number of aryl methyl sites for hydroxylation is 2. The van der Waals surface area contributed by atoms with Gasteiger partial charge < -0.3 is 4.90 Å². The monoisotopic (exact) mass is 259 g/mol. The van der Waals surface area contributed by atoms with Crippen molar-refractivity contribution in [2.75, 3.05) is 13.1 Å².